The molecule has 0 aromatic carbocycles. The molecule has 1 N–H and O–H groups in total. The van der Waals surface area contributed by atoms with Gasteiger partial charge in [-0.25, -0.2) is 4.98 Å². The van der Waals surface area contributed by atoms with Gasteiger partial charge >= 0.3 is 0 Å². The van der Waals surface area contributed by atoms with Gasteiger partial charge in [0.05, 0.1) is 5.69 Å². The second kappa shape index (κ2) is 4.82. The molecule has 1 aromatic heterocycles. The van der Waals surface area contributed by atoms with Crippen LogP contribution < -0.4 is 10.2 Å². The number of nitrogens with zero attached hydrogens (tertiary/aromatic N) is 3. The highest BCUT2D eigenvalue weighted by molar-refractivity contribution is 5.36. The molecule has 2 aliphatic rings. The summed E-state index contributed by atoms with van der Waals surface area (Å²) < 4.78 is 2.43. The van der Waals surface area contributed by atoms with Crippen LogP contribution in [0, 0.1) is 0 Å². The highest BCUT2D eigenvalue weighted by Crippen LogP contribution is 2.39. The summed E-state index contributed by atoms with van der Waals surface area (Å²) in [5.74, 6) is 1.22. The number of aryl methyl sites for hydroxylation is 1. The summed E-state index contributed by atoms with van der Waals surface area (Å²) in [7, 11) is 2.08. The molecule has 1 aliphatic heterocycles. The minimum Gasteiger partial charge on any atom is -0.342 e. The van der Waals surface area contributed by atoms with Crippen molar-refractivity contribution in [3.05, 3.63) is 11.9 Å². The van der Waals surface area contributed by atoms with Crippen LogP contribution in [-0.4, -0.2) is 35.2 Å². The molecule has 3 rings (SSSR count). The molecule has 2 heterocycles. The molecule has 4 heteroatoms. The van der Waals surface area contributed by atoms with Crippen LogP contribution in [-0.2, 0) is 6.42 Å². The molecule has 1 aromatic rings. The zero-order valence-electron chi connectivity index (χ0n) is 12.4. The second-order valence-corrected chi connectivity index (χ2v) is 6.32. The van der Waals surface area contributed by atoms with Crippen LogP contribution in [0.3, 0.4) is 0 Å². The van der Waals surface area contributed by atoms with E-state index in [0.29, 0.717) is 5.54 Å². The molecule has 4 nitrogen and oxygen atoms in total. The maximum absolute atomic E-state index is 4.86. The lowest BCUT2D eigenvalue weighted by Crippen LogP contribution is -2.50. The molecule has 1 aliphatic carbocycles. The van der Waals surface area contributed by atoms with E-state index in [4.69, 9.17) is 4.98 Å². The summed E-state index contributed by atoms with van der Waals surface area (Å²) in [6.07, 6.45) is 8.36. The Balaban J connectivity index is 1.77. The van der Waals surface area contributed by atoms with Crippen molar-refractivity contribution in [2.24, 2.45) is 0 Å². The maximum atomic E-state index is 4.86. The van der Waals surface area contributed by atoms with Gasteiger partial charge in [-0.2, -0.15) is 0 Å². The van der Waals surface area contributed by atoms with Crippen LogP contribution in [0.4, 0.5) is 5.95 Å². The predicted octanol–water partition coefficient (Wildman–Crippen LogP) is 2.36. The zero-order valence-corrected chi connectivity index (χ0v) is 12.4. The Morgan fingerprint density at radius 3 is 2.58 bits per heavy atom. The van der Waals surface area contributed by atoms with Crippen LogP contribution >= 0.6 is 0 Å². The molecule has 0 unspecified atom stereocenters. The number of hydrogen-bond acceptors (Lipinski definition) is 3. The van der Waals surface area contributed by atoms with E-state index < -0.39 is 0 Å². The summed E-state index contributed by atoms with van der Waals surface area (Å²) in [6, 6.07) is 0.723. The fraction of sp³-hybridized carbons (Fsp3) is 0.800. The van der Waals surface area contributed by atoms with Crippen molar-refractivity contribution >= 4 is 5.95 Å². The highest BCUT2D eigenvalue weighted by atomic mass is 15.3. The molecule has 2 fully saturated rings. The van der Waals surface area contributed by atoms with Crippen molar-refractivity contribution in [3.8, 4) is 0 Å². The van der Waals surface area contributed by atoms with Crippen molar-refractivity contribution in [3.63, 3.8) is 0 Å². The molecule has 0 radical (unpaired) electrons. The molecule has 1 saturated carbocycles. The summed E-state index contributed by atoms with van der Waals surface area (Å²) >= 11 is 0. The Morgan fingerprint density at radius 1 is 1.37 bits per heavy atom. The molecule has 19 heavy (non-hydrogen) atoms. The van der Waals surface area contributed by atoms with Crippen molar-refractivity contribution in [2.45, 2.75) is 57.5 Å². The van der Waals surface area contributed by atoms with Crippen LogP contribution in [0.25, 0.3) is 0 Å². The highest BCUT2D eigenvalue weighted by Gasteiger charge is 2.33. The van der Waals surface area contributed by atoms with Gasteiger partial charge < -0.3 is 14.8 Å². The van der Waals surface area contributed by atoms with Gasteiger partial charge in [-0.3, -0.25) is 0 Å². The van der Waals surface area contributed by atoms with Gasteiger partial charge in [0.2, 0.25) is 5.95 Å². The maximum Gasteiger partial charge on any atom is 0.205 e. The molecule has 0 bridgehead atoms. The van der Waals surface area contributed by atoms with Gasteiger partial charge in [-0.05, 0) is 46.1 Å². The summed E-state index contributed by atoms with van der Waals surface area (Å²) in [6.45, 7) is 6.75. The van der Waals surface area contributed by atoms with Crippen molar-refractivity contribution in [1.82, 2.24) is 14.9 Å². The first-order chi connectivity index (χ1) is 9.15. The van der Waals surface area contributed by atoms with E-state index in [1.54, 1.807) is 0 Å². The van der Waals surface area contributed by atoms with Crippen LogP contribution in [0.15, 0.2) is 6.20 Å². The van der Waals surface area contributed by atoms with Crippen molar-refractivity contribution in [2.75, 3.05) is 25.0 Å². The minimum atomic E-state index is 0.307. The normalized spacial score (nSPS) is 22.8. The molecule has 106 valence electrons. The molecular formula is C15H26N4. The Kier molecular flexibility index (Phi) is 3.29. The molecule has 0 spiro atoms. The Hall–Kier alpha value is -1.03. The number of piperidine rings is 1. The van der Waals surface area contributed by atoms with E-state index in [1.807, 2.05) is 0 Å². The average molecular weight is 262 g/mol. The fourth-order valence-electron chi connectivity index (χ4n) is 2.91. The van der Waals surface area contributed by atoms with Crippen LogP contribution in [0.1, 0.15) is 51.3 Å². The zero-order chi connectivity index (χ0) is 13.5. The summed E-state index contributed by atoms with van der Waals surface area (Å²) in [5.41, 5.74) is 1.55. The van der Waals surface area contributed by atoms with Gasteiger partial charge in [0.25, 0.3) is 0 Å². The molecule has 0 amide bonds. The first-order valence-corrected chi connectivity index (χ1v) is 7.67. The summed E-state index contributed by atoms with van der Waals surface area (Å²) in [4.78, 5) is 7.34. The van der Waals surface area contributed by atoms with Gasteiger partial charge in [0.15, 0.2) is 0 Å². The third kappa shape index (κ3) is 2.50. The Labute approximate surface area is 116 Å². The van der Waals surface area contributed by atoms with E-state index in [9.17, 15) is 0 Å². The molecular weight excluding hydrogens is 236 g/mol. The lowest BCUT2D eigenvalue weighted by Gasteiger charge is -2.39. The lowest BCUT2D eigenvalue weighted by atomic mass is 9.90. The van der Waals surface area contributed by atoms with Crippen molar-refractivity contribution < 1.29 is 0 Å². The third-order valence-corrected chi connectivity index (χ3v) is 4.82. The first kappa shape index (κ1) is 13.0. The first-order valence-electron chi connectivity index (χ1n) is 7.67. The van der Waals surface area contributed by atoms with Crippen LogP contribution in [0.2, 0.25) is 0 Å². The monoisotopic (exact) mass is 262 g/mol. The van der Waals surface area contributed by atoms with E-state index in [2.05, 4.69) is 41.9 Å². The van der Waals surface area contributed by atoms with Gasteiger partial charge in [-0.1, -0.05) is 6.92 Å². The average Bonchev–Trinajstić information content (AvgIpc) is 3.19. The lowest BCUT2D eigenvalue weighted by molar-refractivity contribution is 0.302. The predicted molar refractivity (Wildman–Crippen MR) is 78.8 cm³/mol. The third-order valence-electron chi connectivity index (χ3n) is 4.82. The quantitative estimate of drug-likeness (QED) is 0.904. The number of imidazole rings is 1. The molecule has 0 atom stereocenters. The summed E-state index contributed by atoms with van der Waals surface area (Å²) in [5, 5.41) is 3.46. The van der Waals surface area contributed by atoms with Crippen LogP contribution in [0.5, 0.6) is 0 Å². The number of nitrogens with one attached hydrogen (secondary N) is 1. The smallest absolute Gasteiger partial charge is 0.205 e. The van der Waals surface area contributed by atoms with Gasteiger partial charge in [-0.15, -0.1) is 0 Å². The largest absolute Gasteiger partial charge is 0.342 e. The van der Waals surface area contributed by atoms with E-state index in [1.165, 1.54) is 37.3 Å². The number of anilines is 1. The second-order valence-electron chi connectivity index (χ2n) is 6.32. The van der Waals surface area contributed by atoms with E-state index in [-0.39, 0.29) is 0 Å². The standard InChI is InChI=1S/C15H26N4/c1-4-12-11-19(13-5-6-13)14(17-12)18-9-7-15(2,16-3)8-10-18/h11,13,16H,4-10H2,1-3H3. The fourth-order valence-corrected chi connectivity index (χ4v) is 2.91. The van der Waals surface area contributed by atoms with Gasteiger partial charge in [0, 0.05) is 30.9 Å². The number of hydrogen-bond donors (Lipinski definition) is 1. The SMILES string of the molecule is CCc1cn(C2CC2)c(N2CCC(C)(NC)CC2)n1. The molecule has 1 saturated heterocycles. The minimum absolute atomic E-state index is 0.307. The van der Waals surface area contributed by atoms with Gasteiger partial charge in [0.1, 0.15) is 0 Å². The van der Waals surface area contributed by atoms with E-state index >= 15 is 0 Å². The number of rotatable bonds is 4. The topological polar surface area (TPSA) is 33.1 Å². The Morgan fingerprint density at radius 2 is 2.05 bits per heavy atom. The van der Waals surface area contributed by atoms with E-state index in [0.717, 1.165) is 25.6 Å². The Bertz CT molecular complexity index is 439. The number of aromatic nitrogens is 2. The van der Waals surface area contributed by atoms with Crippen molar-refractivity contribution in [1.29, 1.82) is 0 Å².